The quantitative estimate of drug-likeness (QED) is 0.634. The van der Waals surface area contributed by atoms with Crippen molar-refractivity contribution in [3.8, 4) is 5.75 Å². The van der Waals surface area contributed by atoms with Crippen LogP contribution in [-0.2, 0) is 26.6 Å². The zero-order chi connectivity index (χ0) is 17.5. The SMILES string of the molecule is CN(CCc1cnn(C)c1)Cc1cccc(OCc2ccccn2)c1. The number of pyridine rings is 1. The van der Waals surface area contributed by atoms with Crippen molar-refractivity contribution in [2.75, 3.05) is 13.6 Å². The molecule has 0 spiro atoms. The molecule has 0 amide bonds. The van der Waals surface area contributed by atoms with Crippen LogP contribution in [0, 0.1) is 0 Å². The first-order chi connectivity index (χ1) is 12.2. The van der Waals surface area contributed by atoms with Crippen LogP contribution < -0.4 is 4.74 Å². The van der Waals surface area contributed by atoms with Crippen molar-refractivity contribution in [3.05, 3.63) is 77.9 Å². The smallest absolute Gasteiger partial charge is 0.130 e. The molecular formula is C20H24N4O. The monoisotopic (exact) mass is 336 g/mol. The van der Waals surface area contributed by atoms with Crippen LogP contribution in [0.4, 0.5) is 0 Å². The van der Waals surface area contributed by atoms with E-state index in [0.717, 1.165) is 31.0 Å². The fourth-order valence-electron chi connectivity index (χ4n) is 2.69. The summed E-state index contributed by atoms with van der Waals surface area (Å²) < 4.78 is 7.70. The van der Waals surface area contributed by atoms with Crippen LogP contribution in [0.25, 0.3) is 0 Å². The Hall–Kier alpha value is -2.66. The van der Waals surface area contributed by atoms with Gasteiger partial charge in [-0.15, -0.1) is 0 Å². The maximum atomic E-state index is 5.85. The van der Waals surface area contributed by atoms with Crippen LogP contribution in [0.3, 0.4) is 0 Å². The summed E-state index contributed by atoms with van der Waals surface area (Å²) >= 11 is 0. The van der Waals surface area contributed by atoms with Crippen LogP contribution in [0.5, 0.6) is 5.75 Å². The van der Waals surface area contributed by atoms with Gasteiger partial charge in [-0.3, -0.25) is 9.67 Å². The lowest BCUT2D eigenvalue weighted by Gasteiger charge is -2.17. The number of hydrogen-bond donors (Lipinski definition) is 0. The Morgan fingerprint density at radius 1 is 1.12 bits per heavy atom. The second-order valence-electron chi connectivity index (χ2n) is 6.27. The third-order valence-corrected chi connectivity index (χ3v) is 4.00. The van der Waals surface area contributed by atoms with Crippen LogP contribution in [0.15, 0.2) is 61.1 Å². The number of rotatable bonds is 8. The molecule has 0 N–H and O–H groups in total. The van der Waals surface area contributed by atoms with Gasteiger partial charge in [-0.05, 0) is 48.9 Å². The van der Waals surface area contributed by atoms with Gasteiger partial charge in [0.05, 0.1) is 11.9 Å². The number of benzene rings is 1. The van der Waals surface area contributed by atoms with Gasteiger partial charge in [-0.1, -0.05) is 18.2 Å². The van der Waals surface area contributed by atoms with Crippen LogP contribution in [-0.4, -0.2) is 33.3 Å². The first kappa shape index (κ1) is 17.2. The molecule has 0 unspecified atom stereocenters. The minimum absolute atomic E-state index is 0.487. The molecule has 2 aromatic heterocycles. The Bertz CT molecular complexity index is 785. The van der Waals surface area contributed by atoms with Crippen molar-refractivity contribution in [2.24, 2.45) is 7.05 Å². The maximum absolute atomic E-state index is 5.85. The molecule has 0 aliphatic carbocycles. The molecule has 0 aliphatic rings. The third-order valence-electron chi connectivity index (χ3n) is 4.00. The van der Waals surface area contributed by atoms with E-state index in [1.807, 2.05) is 48.3 Å². The predicted octanol–water partition coefficient (Wildman–Crippen LogP) is 3.07. The van der Waals surface area contributed by atoms with Gasteiger partial charge in [0.25, 0.3) is 0 Å². The van der Waals surface area contributed by atoms with Crippen LogP contribution in [0.1, 0.15) is 16.8 Å². The summed E-state index contributed by atoms with van der Waals surface area (Å²) in [6.45, 7) is 2.37. The summed E-state index contributed by atoms with van der Waals surface area (Å²) in [5, 5.41) is 4.21. The zero-order valence-corrected chi connectivity index (χ0v) is 14.8. The van der Waals surface area contributed by atoms with E-state index in [2.05, 4.69) is 40.4 Å². The minimum Gasteiger partial charge on any atom is -0.487 e. The van der Waals surface area contributed by atoms with Crippen molar-refractivity contribution in [3.63, 3.8) is 0 Å². The highest BCUT2D eigenvalue weighted by Gasteiger charge is 2.04. The molecular weight excluding hydrogens is 312 g/mol. The van der Waals surface area contributed by atoms with E-state index < -0.39 is 0 Å². The topological polar surface area (TPSA) is 43.2 Å². The normalized spacial score (nSPS) is 11.0. The van der Waals surface area contributed by atoms with Gasteiger partial charge in [-0.25, -0.2) is 0 Å². The molecule has 0 aliphatic heterocycles. The van der Waals surface area contributed by atoms with Crippen LogP contribution in [0.2, 0.25) is 0 Å². The molecule has 3 rings (SSSR count). The van der Waals surface area contributed by atoms with Gasteiger partial charge in [0.1, 0.15) is 12.4 Å². The molecule has 0 fully saturated rings. The molecule has 2 heterocycles. The van der Waals surface area contributed by atoms with Gasteiger partial charge < -0.3 is 9.64 Å². The molecule has 3 aromatic rings. The van der Waals surface area contributed by atoms with E-state index in [9.17, 15) is 0 Å². The van der Waals surface area contributed by atoms with Crippen molar-refractivity contribution < 1.29 is 4.74 Å². The number of aryl methyl sites for hydroxylation is 1. The highest BCUT2D eigenvalue weighted by molar-refractivity contribution is 5.28. The summed E-state index contributed by atoms with van der Waals surface area (Å²) in [6, 6.07) is 14.1. The second kappa shape index (κ2) is 8.44. The van der Waals surface area contributed by atoms with Crippen molar-refractivity contribution in [1.29, 1.82) is 0 Å². The fraction of sp³-hybridized carbons (Fsp3) is 0.300. The predicted molar refractivity (Wildman–Crippen MR) is 98.3 cm³/mol. The first-order valence-corrected chi connectivity index (χ1v) is 8.47. The first-order valence-electron chi connectivity index (χ1n) is 8.47. The summed E-state index contributed by atoms with van der Waals surface area (Å²) in [4.78, 5) is 6.59. The number of hydrogen-bond acceptors (Lipinski definition) is 4. The van der Waals surface area contributed by atoms with Crippen molar-refractivity contribution in [2.45, 2.75) is 19.6 Å². The van der Waals surface area contributed by atoms with E-state index in [1.165, 1.54) is 11.1 Å². The largest absolute Gasteiger partial charge is 0.487 e. The summed E-state index contributed by atoms with van der Waals surface area (Å²) in [7, 11) is 4.08. The highest BCUT2D eigenvalue weighted by Crippen LogP contribution is 2.16. The summed E-state index contributed by atoms with van der Waals surface area (Å²) in [5.74, 6) is 0.879. The number of aromatic nitrogens is 3. The molecule has 5 heteroatoms. The molecule has 0 atom stereocenters. The molecule has 25 heavy (non-hydrogen) atoms. The lowest BCUT2D eigenvalue weighted by molar-refractivity contribution is 0.298. The van der Waals surface area contributed by atoms with E-state index in [1.54, 1.807) is 6.20 Å². The van der Waals surface area contributed by atoms with Gasteiger partial charge in [0.15, 0.2) is 0 Å². The van der Waals surface area contributed by atoms with Gasteiger partial charge >= 0.3 is 0 Å². The van der Waals surface area contributed by atoms with Gasteiger partial charge in [-0.2, -0.15) is 5.10 Å². The average Bonchev–Trinajstić information content (AvgIpc) is 3.05. The Morgan fingerprint density at radius 2 is 2.04 bits per heavy atom. The van der Waals surface area contributed by atoms with Crippen LogP contribution >= 0.6 is 0 Å². The molecule has 0 saturated heterocycles. The molecule has 5 nitrogen and oxygen atoms in total. The molecule has 130 valence electrons. The second-order valence-corrected chi connectivity index (χ2v) is 6.27. The molecule has 0 radical (unpaired) electrons. The lowest BCUT2D eigenvalue weighted by atomic mass is 10.2. The standard InChI is InChI=1S/C20H24N4O/c1-23(11-9-18-13-22-24(2)15-18)14-17-6-5-8-20(12-17)25-16-19-7-3-4-10-21-19/h3-8,10,12-13,15H,9,11,14,16H2,1-2H3. The molecule has 0 bridgehead atoms. The molecule has 1 aromatic carbocycles. The zero-order valence-electron chi connectivity index (χ0n) is 14.8. The van der Waals surface area contributed by atoms with Crippen molar-refractivity contribution in [1.82, 2.24) is 19.7 Å². The average molecular weight is 336 g/mol. The van der Waals surface area contributed by atoms with Gasteiger partial charge in [0.2, 0.25) is 0 Å². The number of likely N-dealkylation sites (N-methyl/N-ethyl adjacent to an activating group) is 1. The Morgan fingerprint density at radius 3 is 2.80 bits per heavy atom. The summed E-state index contributed by atoms with van der Waals surface area (Å²) in [6.07, 6.45) is 6.78. The van der Waals surface area contributed by atoms with E-state index in [-0.39, 0.29) is 0 Å². The van der Waals surface area contributed by atoms with Crippen molar-refractivity contribution >= 4 is 0 Å². The maximum Gasteiger partial charge on any atom is 0.130 e. The Balaban J connectivity index is 1.50. The highest BCUT2D eigenvalue weighted by atomic mass is 16.5. The number of ether oxygens (including phenoxy) is 1. The third kappa shape index (κ3) is 5.43. The molecule has 0 saturated carbocycles. The fourth-order valence-corrected chi connectivity index (χ4v) is 2.69. The lowest BCUT2D eigenvalue weighted by Crippen LogP contribution is -2.20. The summed E-state index contributed by atoms with van der Waals surface area (Å²) in [5.41, 5.74) is 3.44. The van der Waals surface area contributed by atoms with E-state index in [0.29, 0.717) is 6.61 Å². The van der Waals surface area contributed by atoms with E-state index in [4.69, 9.17) is 4.74 Å². The minimum atomic E-state index is 0.487. The number of nitrogens with zero attached hydrogens (tertiary/aromatic N) is 4. The Kier molecular flexibility index (Phi) is 5.80. The van der Waals surface area contributed by atoms with E-state index >= 15 is 0 Å². The van der Waals surface area contributed by atoms with Gasteiger partial charge in [0, 0.05) is 32.5 Å². The Labute approximate surface area is 148 Å².